The average Bonchev–Trinajstić information content (AvgIpc) is 2.91. The highest BCUT2D eigenvalue weighted by Crippen LogP contribution is 2.30. The highest BCUT2D eigenvalue weighted by Gasteiger charge is 2.22. The third kappa shape index (κ3) is 2.63. The van der Waals surface area contributed by atoms with Crippen LogP contribution >= 0.6 is 11.3 Å². The Bertz CT molecular complexity index is 391. The molecule has 1 saturated heterocycles. The first-order valence-corrected chi connectivity index (χ1v) is 8.08. The Kier molecular flexibility index (Phi) is 3.73. The fraction of sp³-hybridized carbons (Fsp3) is 0.733. The third-order valence-corrected chi connectivity index (χ3v) is 5.81. The molecule has 100 valence electrons. The lowest BCUT2D eigenvalue weighted by molar-refractivity contribution is 0.168. The Labute approximate surface area is 114 Å². The number of hydrogen-bond donors (Lipinski definition) is 1. The second kappa shape index (κ2) is 5.32. The van der Waals surface area contributed by atoms with Gasteiger partial charge in [-0.05, 0) is 64.3 Å². The predicted octanol–water partition coefficient (Wildman–Crippen LogP) is 2.81. The van der Waals surface area contributed by atoms with Crippen LogP contribution in [0.1, 0.15) is 41.5 Å². The van der Waals surface area contributed by atoms with E-state index < -0.39 is 0 Å². The molecule has 1 aromatic heterocycles. The highest BCUT2D eigenvalue weighted by atomic mass is 32.1. The van der Waals surface area contributed by atoms with Crippen molar-refractivity contribution in [2.75, 3.05) is 13.6 Å². The molecule has 0 saturated carbocycles. The van der Waals surface area contributed by atoms with E-state index in [1.165, 1.54) is 38.6 Å². The molecule has 1 fully saturated rings. The van der Waals surface area contributed by atoms with Gasteiger partial charge in [-0.1, -0.05) is 0 Å². The molecule has 1 aliphatic carbocycles. The van der Waals surface area contributed by atoms with Crippen molar-refractivity contribution in [2.45, 2.75) is 57.7 Å². The summed E-state index contributed by atoms with van der Waals surface area (Å²) in [5.41, 5.74) is 1.63. The Morgan fingerprint density at radius 1 is 1.44 bits per heavy atom. The van der Waals surface area contributed by atoms with Crippen molar-refractivity contribution < 1.29 is 0 Å². The van der Waals surface area contributed by atoms with Crippen LogP contribution in [0.5, 0.6) is 0 Å². The van der Waals surface area contributed by atoms with Crippen LogP contribution in [0.4, 0.5) is 0 Å². The largest absolute Gasteiger partial charge is 0.309 e. The van der Waals surface area contributed by atoms with Crippen molar-refractivity contribution in [3.8, 4) is 0 Å². The van der Waals surface area contributed by atoms with Gasteiger partial charge in [-0.25, -0.2) is 0 Å². The van der Waals surface area contributed by atoms with Gasteiger partial charge in [0.15, 0.2) is 0 Å². The molecule has 2 aliphatic rings. The van der Waals surface area contributed by atoms with Crippen LogP contribution in [0, 0.1) is 0 Å². The third-order valence-electron chi connectivity index (χ3n) is 4.57. The molecule has 2 heterocycles. The maximum atomic E-state index is 3.76. The number of nitrogens with one attached hydrogen (secondary N) is 1. The van der Waals surface area contributed by atoms with Gasteiger partial charge in [0.2, 0.25) is 0 Å². The van der Waals surface area contributed by atoms with Crippen LogP contribution in [0.25, 0.3) is 0 Å². The summed E-state index contributed by atoms with van der Waals surface area (Å²) in [6, 6.07) is 3.89. The van der Waals surface area contributed by atoms with Gasteiger partial charge in [0.05, 0.1) is 0 Å². The number of fused-ring (bicyclic) bond motifs is 1. The standard InChI is InChI=1S/C15H24N2S/c1-11-8-13(6-7-17(11)2)16-10-14-9-12-4-3-5-15(12)18-14/h9,11,13,16H,3-8,10H2,1-2H3. The summed E-state index contributed by atoms with van der Waals surface area (Å²) in [7, 11) is 2.24. The molecule has 2 unspecified atom stereocenters. The number of rotatable bonds is 3. The molecular formula is C15H24N2S. The lowest BCUT2D eigenvalue weighted by Gasteiger charge is -2.35. The van der Waals surface area contributed by atoms with Crippen LogP contribution in [0.15, 0.2) is 6.07 Å². The average molecular weight is 264 g/mol. The SMILES string of the molecule is CC1CC(NCc2cc3c(s2)CCC3)CCN1C. The van der Waals surface area contributed by atoms with E-state index in [1.807, 2.05) is 11.3 Å². The Hall–Kier alpha value is -0.380. The van der Waals surface area contributed by atoms with Crippen LogP contribution in [0.2, 0.25) is 0 Å². The van der Waals surface area contributed by atoms with Crippen LogP contribution in [-0.2, 0) is 19.4 Å². The minimum Gasteiger partial charge on any atom is -0.309 e. The van der Waals surface area contributed by atoms with Gasteiger partial charge in [0, 0.05) is 28.4 Å². The second-order valence-corrected chi connectivity index (χ2v) is 7.17. The van der Waals surface area contributed by atoms with Crippen LogP contribution in [0.3, 0.4) is 0 Å². The molecule has 0 aromatic carbocycles. The summed E-state index contributed by atoms with van der Waals surface area (Å²) >= 11 is 2.04. The molecule has 0 bridgehead atoms. The minimum absolute atomic E-state index is 0.716. The molecule has 3 heteroatoms. The van der Waals surface area contributed by atoms with E-state index in [4.69, 9.17) is 0 Å². The number of likely N-dealkylation sites (tertiary alicyclic amines) is 1. The monoisotopic (exact) mass is 264 g/mol. The van der Waals surface area contributed by atoms with Crippen molar-refractivity contribution in [3.05, 3.63) is 21.4 Å². The highest BCUT2D eigenvalue weighted by molar-refractivity contribution is 7.12. The normalized spacial score (nSPS) is 28.6. The van der Waals surface area contributed by atoms with E-state index >= 15 is 0 Å². The zero-order valence-electron chi connectivity index (χ0n) is 11.5. The molecule has 1 aromatic rings. The summed E-state index contributed by atoms with van der Waals surface area (Å²) in [4.78, 5) is 5.67. The zero-order chi connectivity index (χ0) is 12.5. The number of nitrogens with zero attached hydrogens (tertiary/aromatic N) is 1. The quantitative estimate of drug-likeness (QED) is 0.903. The van der Waals surface area contributed by atoms with Crippen LogP contribution in [-0.4, -0.2) is 30.6 Å². The maximum Gasteiger partial charge on any atom is 0.0302 e. The van der Waals surface area contributed by atoms with E-state index in [9.17, 15) is 0 Å². The first-order chi connectivity index (χ1) is 8.72. The first-order valence-electron chi connectivity index (χ1n) is 7.26. The lowest BCUT2D eigenvalue weighted by atomic mass is 9.99. The number of aryl methyl sites for hydroxylation is 2. The smallest absolute Gasteiger partial charge is 0.0302 e. The van der Waals surface area contributed by atoms with Gasteiger partial charge in [0.1, 0.15) is 0 Å². The Balaban J connectivity index is 1.52. The summed E-state index contributed by atoms with van der Waals surface area (Å²) in [5.74, 6) is 0. The molecule has 18 heavy (non-hydrogen) atoms. The van der Waals surface area contributed by atoms with Gasteiger partial charge in [0.25, 0.3) is 0 Å². The van der Waals surface area contributed by atoms with Gasteiger partial charge < -0.3 is 10.2 Å². The molecule has 1 aliphatic heterocycles. The van der Waals surface area contributed by atoms with Crippen LogP contribution < -0.4 is 5.32 Å². The summed E-state index contributed by atoms with van der Waals surface area (Å²) in [6.07, 6.45) is 6.61. The number of piperidine rings is 1. The van der Waals surface area contributed by atoms with E-state index in [-0.39, 0.29) is 0 Å². The summed E-state index contributed by atoms with van der Waals surface area (Å²) < 4.78 is 0. The Morgan fingerprint density at radius 2 is 2.33 bits per heavy atom. The van der Waals surface area contributed by atoms with E-state index in [0.29, 0.717) is 6.04 Å². The van der Waals surface area contributed by atoms with E-state index in [1.54, 1.807) is 15.3 Å². The van der Waals surface area contributed by atoms with E-state index in [2.05, 4.69) is 30.3 Å². The van der Waals surface area contributed by atoms with Crippen molar-refractivity contribution in [3.63, 3.8) is 0 Å². The van der Waals surface area contributed by atoms with Gasteiger partial charge in [-0.3, -0.25) is 0 Å². The van der Waals surface area contributed by atoms with Crippen molar-refractivity contribution >= 4 is 11.3 Å². The lowest BCUT2D eigenvalue weighted by Crippen LogP contribution is -2.45. The summed E-state index contributed by atoms with van der Waals surface area (Å²) in [6.45, 7) is 4.66. The summed E-state index contributed by atoms with van der Waals surface area (Å²) in [5, 5.41) is 3.76. The predicted molar refractivity (Wildman–Crippen MR) is 78.3 cm³/mol. The molecule has 2 atom stereocenters. The molecule has 2 nitrogen and oxygen atoms in total. The van der Waals surface area contributed by atoms with Gasteiger partial charge in [-0.2, -0.15) is 0 Å². The number of hydrogen-bond acceptors (Lipinski definition) is 3. The molecule has 0 spiro atoms. The molecule has 0 amide bonds. The molecule has 0 radical (unpaired) electrons. The molecule has 3 rings (SSSR count). The second-order valence-electron chi connectivity index (χ2n) is 5.95. The first kappa shape index (κ1) is 12.6. The Morgan fingerprint density at radius 3 is 3.11 bits per heavy atom. The van der Waals surface area contributed by atoms with Gasteiger partial charge in [-0.15, -0.1) is 11.3 Å². The minimum atomic E-state index is 0.716. The molecule has 1 N–H and O–H groups in total. The van der Waals surface area contributed by atoms with E-state index in [0.717, 1.165) is 12.6 Å². The zero-order valence-corrected chi connectivity index (χ0v) is 12.4. The van der Waals surface area contributed by atoms with Crippen molar-refractivity contribution in [1.29, 1.82) is 0 Å². The fourth-order valence-corrected chi connectivity index (χ4v) is 4.41. The maximum absolute atomic E-state index is 3.76. The topological polar surface area (TPSA) is 15.3 Å². The van der Waals surface area contributed by atoms with Gasteiger partial charge >= 0.3 is 0 Å². The van der Waals surface area contributed by atoms with Crippen molar-refractivity contribution in [2.24, 2.45) is 0 Å². The number of thiophene rings is 1. The van der Waals surface area contributed by atoms with Crippen molar-refractivity contribution in [1.82, 2.24) is 10.2 Å². The molecular weight excluding hydrogens is 240 g/mol. The fourth-order valence-electron chi connectivity index (χ4n) is 3.20.